The highest BCUT2D eigenvalue weighted by Crippen LogP contribution is 2.34. The van der Waals surface area contributed by atoms with Gasteiger partial charge in [0.25, 0.3) is 0 Å². The third-order valence-corrected chi connectivity index (χ3v) is 8.36. The Bertz CT molecular complexity index is 1840. The lowest BCUT2D eigenvalue weighted by Crippen LogP contribution is -2.19. The van der Waals surface area contributed by atoms with E-state index in [9.17, 15) is 14.4 Å². The van der Waals surface area contributed by atoms with E-state index in [1.165, 1.54) is 25.2 Å². The van der Waals surface area contributed by atoms with Gasteiger partial charge in [0, 0.05) is 17.8 Å². The van der Waals surface area contributed by atoms with E-state index in [4.69, 9.17) is 14.2 Å². The van der Waals surface area contributed by atoms with E-state index in [1.807, 2.05) is 42.5 Å². The molecule has 5 aromatic rings. The van der Waals surface area contributed by atoms with Crippen molar-refractivity contribution in [3.05, 3.63) is 161 Å². The molecule has 0 atom stereocenters. The van der Waals surface area contributed by atoms with Crippen LogP contribution in [0.2, 0.25) is 0 Å². The van der Waals surface area contributed by atoms with Gasteiger partial charge in [-0.15, -0.1) is 0 Å². The smallest absolute Gasteiger partial charge is 0.465 e. The van der Waals surface area contributed by atoms with E-state index in [0.717, 1.165) is 16.7 Å². The zero-order chi connectivity index (χ0) is 35.6. The van der Waals surface area contributed by atoms with Crippen molar-refractivity contribution >= 4 is 18.1 Å². The highest BCUT2D eigenvalue weighted by atomic mass is 16.7. The molecule has 0 aliphatic rings. The molecule has 5 rings (SSSR count). The van der Waals surface area contributed by atoms with Crippen molar-refractivity contribution in [2.45, 2.75) is 52.4 Å². The van der Waals surface area contributed by atoms with Crippen molar-refractivity contribution in [3.63, 3.8) is 0 Å². The van der Waals surface area contributed by atoms with Crippen molar-refractivity contribution in [2.75, 3.05) is 7.11 Å². The fraction of sp³-hybridized carbons (Fsp3) is 0.214. The Kier molecular flexibility index (Phi) is 11.8. The van der Waals surface area contributed by atoms with Crippen LogP contribution in [0.3, 0.4) is 0 Å². The minimum absolute atomic E-state index is 0.188. The van der Waals surface area contributed by atoms with Crippen molar-refractivity contribution < 1.29 is 33.3 Å². The van der Waals surface area contributed by atoms with Crippen molar-refractivity contribution in [3.8, 4) is 17.2 Å². The molecule has 0 saturated heterocycles. The fourth-order valence-corrected chi connectivity index (χ4v) is 5.19. The largest absolute Gasteiger partial charge is 0.519 e. The number of carbonyl (C=O) groups is 3. The predicted molar refractivity (Wildman–Crippen MR) is 191 cm³/mol. The number of aryl methyl sites for hydroxylation is 1. The molecule has 7 nitrogen and oxygen atoms in total. The molecule has 7 heteroatoms. The summed E-state index contributed by atoms with van der Waals surface area (Å²) in [5, 5.41) is 0. The third-order valence-electron chi connectivity index (χ3n) is 8.36. The second-order valence-electron chi connectivity index (χ2n) is 12.6. The molecule has 0 N–H and O–H groups in total. The van der Waals surface area contributed by atoms with Crippen molar-refractivity contribution in [1.82, 2.24) is 0 Å². The number of carbonyl (C=O) groups excluding carboxylic acids is 3. The Labute approximate surface area is 288 Å². The third kappa shape index (κ3) is 9.67. The summed E-state index contributed by atoms with van der Waals surface area (Å²) in [4.78, 5) is 34.4. The van der Waals surface area contributed by atoms with Crippen LogP contribution in [0.25, 0.3) is 0 Å². The van der Waals surface area contributed by atoms with Crippen LogP contribution in [0.15, 0.2) is 127 Å². The topological polar surface area (TPSA) is 88.1 Å². The Morgan fingerprint density at radius 3 is 1.18 bits per heavy atom. The van der Waals surface area contributed by atoms with E-state index in [2.05, 4.69) is 63.6 Å². The summed E-state index contributed by atoms with van der Waals surface area (Å²) in [6, 6.07) is 39.7. The molecule has 0 aromatic heterocycles. The van der Waals surface area contributed by atoms with Crippen LogP contribution in [-0.4, -0.2) is 25.2 Å². The van der Waals surface area contributed by atoms with Crippen molar-refractivity contribution in [1.29, 1.82) is 0 Å². The first-order chi connectivity index (χ1) is 23.3. The molecular formula is C42H42O7. The van der Waals surface area contributed by atoms with Gasteiger partial charge in [0.05, 0.1) is 12.7 Å². The summed E-state index contributed by atoms with van der Waals surface area (Å²) >= 11 is 0. The second kappa shape index (κ2) is 15.9. The van der Waals surface area contributed by atoms with E-state index < -0.39 is 6.16 Å². The van der Waals surface area contributed by atoms with Gasteiger partial charge in [0.15, 0.2) is 0 Å². The summed E-state index contributed by atoms with van der Waals surface area (Å²) in [6.45, 7) is 12.0. The van der Waals surface area contributed by atoms with Gasteiger partial charge in [-0.25, -0.2) is 9.59 Å². The number of esters is 2. The van der Waals surface area contributed by atoms with Gasteiger partial charge in [-0.3, -0.25) is 4.79 Å². The van der Waals surface area contributed by atoms with Gasteiger partial charge in [-0.05, 0) is 77.7 Å². The lowest BCUT2D eigenvalue weighted by atomic mass is 9.78. The van der Waals surface area contributed by atoms with E-state index in [-0.39, 0.29) is 22.8 Å². The van der Waals surface area contributed by atoms with Gasteiger partial charge < -0.3 is 18.9 Å². The quantitative estimate of drug-likeness (QED) is 0.0932. The zero-order valence-electron chi connectivity index (χ0n) is 29.0. The second-order valence-corrected chi connectivity index (χ2v) is 12.6. The molecule has 0 fully saturated rings. The maximum absolute atomic E-state index is 12.4. The van der Waals surface area contributed by atoms with Crippen LogP contribution in [-0.2, 0) is 20.4 Å². The number of hydrogen-bond acceptors (Lipinski definition) is 7. The van der Waals surface area contributed by atoms with Crippen molar-refractivity contribution in [2.24, 2.45) is 0 Å². The Morgan fingerprint density at radius 2 is 0.837 bits per heavy atom. The molecule has 0 radical (unpaired) electrons. The molecule has 0 aliphatic heterocycles. The van der Waals surface area contributed by atoms with Gasteiger partial charge >= 0.3 is 18.1 Å². The Balaban J connectivity index is 0.000000463. The fourth-order valence-electron chi connectivity index (χ4n) is 5.19. The molecule has 0 amide bonds. The molecule has 0 aliphatic carbocycles. The maximum Gasteiger partial charge on any atom is 0.519 e. The summed E-state index contributed by atoms with van der Waals surface area (Å²) in [7, 11) is 1.37. The highest BCUT2D eigenvalue weighted by Gasteiger charge is 2.25. The normalized spacial score (nSPS) is 11.0. The number of rotatable bonds is 8. The highest BCUT2D eigenvalue weighted by molar-refractivity contribution is 5.89. The van der Waals surface area contributed by atoms with Crippen LogP contribution in [0.4, 0.5) is 4.79 Å². The van der Waals surface area contributed by atoms with Gasteiger partial charge in [-0.1, -0.05) is 112 Å². The minimum Gasteiger partial charge on any atom is -0.465 e. The predicted octanol–water partition coefficient (Wildman–Crippen LogP) is 9.62. The standard InChI is InChI=1S/C34H34O5.C8H8O2/c1-23-7-9-25(10-8-23)33(3,4)27-13-19-30(20-14-27)38-32(36)39-31-21-15-28(16-22-31)34(5,6)26-11-17-29(18-12-26)37-24(2)35;1-10-8(9)7-5-3-2-4-6-7/h7-22H,1-6H3;2-6H,1H3. The summed E-state index contributed by atoms with van der Waals surface area (Å²) < 4.78 is 20.5. The monoisotopic (exact) mass is 658 g/mol. The van der Waals surface area contributed by atoms with Crippen LogP contribution in [0.1, 0.15) is 72.8 Å². The molecule has 0 spiro atoms. The lowest BCUT2D eigenvalue weighted by molar-refractivity contribution is -0.131. The summed E-state index contributed by atoms with van der Waals surface area (Å²) in [5.74, 6) is 0.671. The first-order valence-electron chi connectivity index (χ1n) is 15.9. The van der Waals surface area contributed by atoms with Gasteiger partial charge in [0.1, 0.15) is 17.2 Å². The molecule has 5 aromatic carbocycles. The lowest BCUT2D eigenvalue weighted by Gasteiger charge is -2.26. The molecule has 0 unspecified atom stereocenters. The average Bonchev–Trinajstić information content (AvgIpc) is 3.09. The van der Waals surface area contributed by atoms with E-state index in [1.54, 1.807) is 60.7 Å². The molecule has 0 bridgehead atoms. The number of methoxy groups -OCH3 is 1. The molecular weight excluding hydrogens is 616 g/mol. The Hall–Kier alpha value is -5.69. The number of hydrogen-bond donors (Lipinski definition) is 0. The molecule has 252 valence electrons. The SMILES string of the molecule is CC(=O)Oc1ccc(C(C)(C)c2ccc(OC(=O)Oc3ccc(C(C)(C)c4ccc(C)cc4)cc3)cc2)cc1.COC(=O)c1ccccc1. The molecule has 0 heterocycles. The van der Waals surface area contributed by atoms with Crippen LogP contribution < -0.4 is 14.2 Å². The average molecular weight is 659 g/mol. The summed E-state index contributed by atoms with van der Waals surface area (Å²) in [5.41, 5.74) is 5.73. The minimum atomic E-state index is -0.798. The number of benzene rings is 5. The van der Waals surface area contributed by atoms with Gasteiger partial charge in [-0.2, -0.15) is 0 Å². The molecule has 49 heavy (non-hydrogen) atoms. The van der Waals surface area contributed by atoms with Crippen LogP contribution >= 0.6 is 0 Å². The first kappa shape index (κ1) is 36.2. The van der Waals surface area contributed by atoms with Gasteiger partial charge in [0.2, 0.25) is 0 Å². The Morgan fingerprint density at radius 1 is 0.490 bits per heavy atom. The summed E-state index contributed by atoms with van der Waals surface area (Å²) in [6.07, 6.45) is -0.798. The van der Waals surface area contributed by atoms with E-state index in [0.29, 0.717) is 22.8 Å². The van der Waals surface area contributed by atoms with E-state index >= 15 is 0 Å². The first-order valence-corrected chi connectivity index (χ1v) is 15.9. The van der Waals surface area contributed by atoms with Crippen LogP contribution in [0, 0.1) is 6.92 Å². The zero-order valence-corrected chi connectivity index (χ0v) is 29.0. The van der Waals surface area contributed by atoms with Crippen LogP contribution in [0.5, 0.6) is 17.2 Å². The molecule has 0 saturated carbocycles. The maximum atomic E-state index is 12.4. The number of ether oxygens (including phenoxy) is 4.